The van der Waals surface area contributed by atoms with Gasteiger partial charge in [-0.05, 0) is 29.3 Å². The number of nitrogens with one attached hydrogen (secondary N) is 1. The number of aromatic nitrogens is 1. The quantitative estimate of drug-likeness (QED) is 0.343. The molecule has 0 aliphatic heterocycles. The molecule has 0 bridgehead atoms. The minimum absolute atomic E-state index is 0. The van der Waals surface area contributed by atoms with Crippen molar-refractivity contribution < 1.29 is 31.1 Å². The summed E-state index contributed by atoms with van der Waals surface area (Å²) in [6.45, 7) is 0.164. The molecule has 5 heteroatoms. The Kier molecular flexibility index (Phi) is 7.46. The van der Waals surface area contributed by atoms with Crippen molar-refractivity contribution in [2.45, 2.75) is 6.54 Å². The Bertz CT molecular complexity index is 1160. The lowest BCUT2D eigenvalue weighted by molar-refractivity contribution is -0.683. The number of pyridine rings is 1. The number of hydrogen-bond acceptors (Lipinski definition) is 2. The van der Waals surface area contributed by atoms with Gasteiger partial charge in [-0.1, -0.05) is 72.8 Å². The molecule has 31 heavy (non-hydrogen) atoms. The topological polar surface area (TPSA) is 50.0 Å². The number of carbonyl (C=O) groups excluding carboxylic acids is 2. The predicted molar refractivity (Wildman–Crippen MR) is 117 cm³/mol. The second kappa shape index (κ2) is 10.5. The van der Waals surface area contributed by atoms with Crippen molar-refractivity contribution in [2.75, 3.05) is 5.32 Å². The summed E-state index contributed by atoms with van der Waals surface area (Å²) >= 11 is 0. The van der Waals surface area contributed by atoms with Crippen LogP contribution in [-0.4, -0.2) is 11.7 Å². The summed E-state index contributed by atoms with van der Waals surface area (Å²) in [6.07, 6.45) is 3.48. The molecule has 1 amide bonds. The Hall–Kier alpha value is -3.57. The van der Waals surface area contributed by atoms with Crippen molar-refractivity contribution >= 4 is 17.4 Å². The zero-order valence-corrected chi connectivity index (χ0v) is 18.3. The van der Waals surface area contributed by atoms with Crippen molar-refractivity contribution in [2.24, 2.45) is 0 Å². The van der Waals surface area contributed by atoms with Gasteiger partial charge in [0.1, 0.15) is 5.56 Å². The maximum atomic E-state index is 12.7. The lowest BCUT2D eigenvalue weighted by Crippen LogP contribution is -3.00. The van der Waals surface area contributed by atoms with Gasteiger partial charge in [0.25, 0.3) is 5.91 Å². The molecule has 0 aliphatic carbocycles. The fraction of sp³-hybridized carbons (Fsp3) is 0.0385. The molecule has 0 fully saturated rings. The second-order valence-electron chi connectivity index (χ2n) is 6.95. The van der Waals surface area contributed by atoms with Gasteiger partial charge in [0.2, 0.25) is 12.3 Å². The minimum Gasteiger partial charge on any atom is -1.00 e. The number of hydrogen-bond donors (Lipinski definition) is 1. The smallest absolute Gasteiger partial charge is 0.261 e. The number of anilines is 1. The second-order valence-corrected chi connectivity index (χ2v) is 6.95. The largest absolute Gasteiger partial charge is 1.00 e. The molecule has 0 radical (unpaired) electrons. The molecule has 0 unspecified atom stereocenters. The number of amides is 1. The molecular formula is C26H21BrN2O2. The van der Waals surface area contributed by atoms with Crippen LogP contribution >= 0.6 is 0 Å². The number of halogens is 1. The monoisotopic (exact) mass is 472 g/mol. The Morgan fingerprint density at radius 2 is 1.29 bits per heavy atom. The zero-order valence-electron chi connectivity index (χ0n) is 16.7. The first kappa shape index (κ1) is 22.1. The summed E-state index contributed by atoms with van der Waals surface area (Å²) in [7, 11) is 0. The third-order valence-corrected chi connectivity index (χ3v) is 4.79. The molecule has 4 aromatic rings. The Morgan fingerprint density at radius 1 is 0.677 bits per heavy atom. The lowest BCUT2D eigenvalue weighted by atomic mass is 10.0. The molecule has 0 atom stereocenters. The van der Waals surface area contributed by atoms with Crippen molar-refractivity contribution in [1.82, 2.24) is 0 Å². The van der Waals surface area contributed by atoms with E-state index >= 15 is 0 Å². The van der Waals surface area contributed by atoms with Gasteiger partial charge in [0.05, 0.1) is 0 Å². The van der Waals surface area contributed by atoms with Crippen LogP contribution in [0.15, 0.2) is 109 Å². The SMILES string of the molecule is O=C(C[n+]1cccc(C(=O)Nc2ccccc2)c1)c1ccc(-c2ccccc2)cc1.[Br-]. The van der Waals surface area contributed by atoms with Gasteiger partial charge in [-0.25, -0.2) is 0 Å². The normalized spacial score (nSPS) is 10.1. The lowest BCUT2D eigenvalue weighted by Gasteiger charge is -2.05. The zero-order chi connectivity index (χ0) is 20.8. The van der Waals surface area contributed by atoms with Crippen LogP contribution in [0.2, 0.25) is 0 Å². The highest BCUT2D eigenvalue weighted by atomic mass is 79.9. The van der Waals surface area contributed by atoms with Crippen LogP contribution in [0.25, 0.3) is 11.1 Å². The maximum absolute atomic E-state index is 12.7. The molecule has 4 nitrogen and oxygen atoms in total. The first-order valence-corrected chi connectivity index (χ1v) is 9.73. The molecule has 0 spiro atoms. The van der Waals surface area contributed by atoms with Gasteiger partial charge in [-0.15, -0.1) is 0 Å². The van der Waals surface area contributed by atoms with Gasteiger partial charge >= 0.3 is 0 Å². The van der Waals surface area contributed by atoms with E-state index in [1.165, 1.54) is 0 Å². The third kappa shape index (κ3) is 5.74. The fourth-order valence-corrected chi connectivity index (χ4v) is 3.22. The molecule has 0 saturated heterocycles. The summed E-state index contributed by atoms with van der Waals surface area (Å²) in [6, 6.07) is 30.4. The summed E-state index contributed by atoms with van der Waals surface area (Å²) in [5.41, 5.74) is 4.05. The van der Waals surface area contributed by atoms with E-state index in [2.05, 4.69) is 5.32 Å². The predicted octanol–water partition coefficient (Wildman–Crippen LogP) is 1.78. The van der Waals surface area contributed by atoms with E-state index in [0.717, 1.165) is 16.8 Å². The molecule has 3 aromatic carbocycles. The van der Waals surface area contributed by atoms with Crippen LogP contribution in [0.3, 0.4) is 0 Å². The van der Waals surface area contributed by atoms with Crippen LogP contribution in [0, 0.1) is 0 Å². The number of carbonyl (C=O) groups is 2. The highest BCUT2D eigenvalue weighted by Crippen LogP contribution is 2.19. The molecule has 1 aromatic heterocycles. The molecule has 4 rings (SSSR count). The molecule has 154 valence electrons. The van der Waals surface area contributed by atoms with Crippen LogP contribution in [-0.2, 0) is 6.54 Å². The highest BCUT2D eigenvalue weighted by molar-refractivity contribution is 6.03. The van der Waals surface area contributed by atoms with Crippen molar-refractivity contribution in [3.63, 3.8) is 0 Å². The van der Waals surface area contributed by atoms with Gasteiger partial charge < -0.3 is 22.3 Å². The van der Waals surface area contributed by atoms with Gasteiger partial charge in [0, 0.05) is 17.3 Å². The molecule has 0 aliphatic rings. The van der Waals surface area contributed by atoms with Crippen molar-refractivity contribution in [1.29, 1.82) is 0 Å². The van der Waals surface area contributed by atoms with Crippen molar-refractivity contribution in [3.8, 4) is 11.1 Å². The Labute approximate surface area is 192 Å². The summed E-state index contributed by atoms with van der Waals surface area (Å²) in [4.78, 5) is 25.2. The van der Waals surface area contributed by atoms with E-state index in [4.69, 9.17) is 0 Å². The van der Waals surface area contributed by atoms with E-state index in [1.807, 2.05) is 84.9 Å². The average molecular weight is 473 g/mol. The molecular weight excluding hydrogens is 452 g/mol. The Balaban J connectivity index is 0.00000272. The number of para-hydroxylation sites is 1. The van der Waals surface area contributed by atoms with Gasteiger partial charge in [0.15, 0.2) is 12.4 Å². The number of nitrogens with zero attached hydrogens (tertiary/aromatic N) is 1. The number of ketones is 1. The standard InChI is InChI=1S/C26H20N2O2.BrH/c29-25(22-15-13-21(14-16-22)20-8-3-1-4-9-20)19-28-17-7-10-23(18-28)26(30)27-24-11-5-2-6-12-24;/h1-18H,19H2;1H. The van der Waals surface area contributed by atoms with Crippen LogP contribution < -0.4 is 26.9 Å². The summed E-state index contributed by atoms with van der Waals surface area (Å²) < 4.78 is 1.73. The van der Waals surface area contributed by atoms with E-state index in [-0.39, 0.29) is 35.2 Å². The summed E-state index contributed by atoms with van der Waals surface area (Å²) in [5.74, 6) is -0.226. The number of Topliss-reactive ketones (excluding diaryl/α,β-unsaturated/α-hetero) is 1. The number of benzene rings is 3. The van der Waals surface area contributed by atoms with Gasteiger partial charge in [-0.2, -0.15) is 4.57 Å². The summed E-state index contributed by atoms with van der Waals surface area (Å²) in [5, 5.41) is 2.86. The molecule has 1 N–H and O–H groups in total. The molecule has 1 heterocycles. The highest BCUT2D eigenvalue weighted by Gasteiger charge is 2.15. The third-order valence-electron chi connectivity index (χ3n) is 4.79. The minimum atomic E-state index is -0.213. The first-order valence-electron chi connectivity index (χ1n) is 9.73. The van der Waals surface area contributed by atoms with E-state index in [9.17, 15) is 9.59 Å². The maximum Gasteiger partial charge on any atom is 0.261 e. The molecule has 0 saturated carbocycles. The van der Waals surface area contributed by atoms with Gasteiger partial charge in [-0.3, -0.25) is 9.59 Å². The fourth-order valence-electron chi connectivity index (χ4n) is 3.22. The average Bonchev–Trinajstić information content (AvgIpc) is 2.80. The van der Waals surface area contributed by atoms with Crippen LogP contribution in [0.5, 0.6) is 0 Å². The van der Waals surface area contributed by atoms with E-state index in [1.54, 1.807) is 29.1 Å². The van der Waals surface area contributed by atoms with Crippen LogP contribution in [0.4, 0.5) is 5.69 Å². The van der Waals surface area contributed by atoms with Crippen molar-refractivity contribution in [3.05, 3.63) is 121 Å². The first-order chi connectivity index (χ1) is 14.7. The number of rotatable bonds is 6. The Morgan fingerprint density at radius 3 is 1.97 bits per heavy atom. The van der Waals surface area contributed by atoms with Crippen LogP contribution in [0.1, 0.15) is 20.7 Å². The van der Waals surface area contributed by atoms with E-state index < -0.39 is 0 Å². The van der Waals surface area contributed by atoms with E-state index in [0.29, 0.717) is 11.1 Å².